The number of benzene rings is 1. The number of hydrogen-bond donors (Lipinski definition) is 0. The molecule has 0 N–H and O–H groups in total. The third kappa shape index (κ3) is 14.1. The summed E-state index contributed by atoms with van der Waals surface area (Å²) in [5.41, 5.74) is 0. The summed E-state index contributed by atoms with van der Waals surface area (Å²) in [6, 6.07) is 0. The van der Waals surface area contributed by atoms with Crippen LogP contribution in [0, 0.1) is 29.1 Å². The van der Waals surface area contributed by atoms with Gasteiger partial charge in [-0.1, -0.05) is 129 Å². The van der Waals surface area contributed by atoms with E-state index in [1.807, 2.05) is 0 Å². The summed E-state index contributed by atoms with van der Waals surface area (Å²) in [7, 11) is -3.68. The Kier molecular flexibility index (Phi) is 18.6. The van der Waals surface area contributed by atoms with Crippen molar-refractivity contribution >= 4 is 19.5 Å². The third-order valence-electron chi connectivity index (χ3n) is 7.42. The van der Waals surface area contributed by atoms with Crippen LogP contribution < -0.4 is 5.19 Å². The first-order valence-electron chi connectivity index (χ1n) is 15.4. The molecule has 226 valence electrons. The van der Waals surface area contributed by atoms with Crippen LogP contribution in [0.2, 0.25) is 13.1 Å². The van der Waals surface area contributed by atoms with Gasteiger partial charge < -0.3 is 4.43 Å². The Labute approximate surface area is 234 Å². The molecule has 1 rings (SSSR count). The summed E-state index contributed by atoms with van der Waals surface area (Å²) >= 11 is 0. The van der Waals surface area contributed by atoms with Crippen LogP contribution in [-0.2, 0) is 9.22 Å². The minimum atomic E-state index is -3.68. The van der Waals surface area contributed by atoms with E-state index in [0.29, 0.717) is 6.42 Å². The van der Waals surface area contributed by atoms with E-state index in [0.717, 1.165) is 19.3 Å². The fraction of sp³-hybridized carbons (Fsp3) is 0.774. The molecule has 0 aliphatic rings. The largest absolute Gasteiger partial charge is 0.515 e. The van der Waals surface area contributed by atoms with E-state index < -0.39 is 48.6 Å². The van der Waals surface area contributed by atoms with E-state index in [-0.39, 0.29) is 6.42 Å². The van der Waals surface area contributed by atoms with E-state index in [1.165, 1.54) is 116 Å². The van der Waals surface area contributed by atoms with Crippen molar-refractivity contribution in [3.05, 3.63) is 29.1 Å². The summed E-state index contributed by atoms with van der Waals surface area (Å²) < 4.78 is 73.9. The molecule has 39 heavy (non-hydrogen) atoms. The minimum absolute atomic E-state index is 0.0603. The van der Waals surface area contributed by atoms with Gasteiger partial charge in [0.15, 0.2) is 23.3 Å². The summed E-state index contributed by atoms with van der Waals surface area (Å²) in [5.74, 6) is -10.8. The zero-order valence-electron chi connectivity index (χ0n) is 24.6. The van der Waals surface area contributed by atoms with Gasteiger partial charge in [0.1, 0.15) is 0 Å². The second kappa shape index (κ2) is 20.4. The fourth-order valence-electron chi connectivity index (χ4n) is 5.04. The van der Waals surface area contributed by atoms with Gasteiger partial charge in [-0.25, -0.2) is 22.0 Å². The number of rotatable bonds is 23. The Morgan fingerprint density at radius 3 is 1.13 bits per heavy atom. The van der Waals surface area contributed by atoms with E-state index in [4.69, 9.17) is 4.43 Å². The van der Waals surface area contributed by atoms with Crippen molar-refractivity contribution in [3.63, 3.8) is 0 Å². The minimum Gasteiger partial charge on any atom is -0.515 e. The Balaban J connectivity index is 2.02. The smallest absolute Gasteiger partial charge is 0.292 e. The zero-order valence-corrected chi connectivity index (χ0v) is 25.6. The van der Waals surface area contributed by atoms with Gasteiger partial charge in [-0.15, -0.1) is 0 Å². The highest BCUT2D eigenvalue weighted by molar-refractivity contribution is 6.85. The van der Waals surface area contributed by atoms with Gasteiger partial charge in [0.25, 0.3) is 14.3 Å². The first-order valence-corrected chi connectivity index (χ1v) is 18.3. The van der Waals surface area contributed by atoms with Crippen molar-refractivity contribution in [3.8, 4) is 0 Å². The van der Waals surface area contributed by atoms with Crippen molar-refractivity contribution in [2.45, 2.75) is 155 Å². The molecule has 0 saturated carbocycles. The zero-order chi connectivity index (χ0) is 29.1. The molecular formula is C31H51F5O2Si. The van der Waals surface area contributed by atoms with Crippen LogP contribution in [0.15, 0.2) is 0 Å². The Bertz CT molecular complexity index is 803. The molecule has 0 radical (unpaired) electrons. The van der Waals surface area contributed by atoms with Crippen molar-refractivity contribution in [1.82, 2.24) is 0 Å². The molecule has 0 aromatic heterocycles. The number of carbonyl (C=O) groups excluding carboxylic acids is 1. The van der Waals surface area contributed by atoms with Crippen LogP contribution in [0.25, 0.3) is 0 Å². The standard InChI is InChI=1S/C31H51F5O2Si/c1-4-5-6-7-8-9-10-11-12-13-14-15-16-17-18-19-20-21-22-23-24-25(37)38-39(2,3)31-29(35)27(33)26(32)28(34)30(31)36/h4-24H2,1-3H3. The van der Waals surface area contributed by atoms with Crippen LogP contribution >= 0.6 is 0 Å². The highest BCUT2D eigenvalue weighted by atomic mass is 28.4. The molecule has 0 amide bonds. The summed E-state index contributed by atoms with van der Waals surface area (Å²) in [6.07, 6.45) is 25.0. The topological polar surface area (TPSA) is 26.3 Å². The first kappa shape index (κ1) is 35.6. The second-order valence-corrected chi connectivity index (χ2v) is 15.1. The average molecular weight is 579 g/mol. The molecule has 0 atom stereocenters. The van der Waals surface area contributed by atoms with Gasteiger partial charge in [-0.2, -0.15) is 0 Å². The van der Waals surface area contributed by atoms with Crippen molar-refractivity contribution in [2.75, 3.05) is 0 Å². The predicted octanol–water partition coefficient (Wildman–Crippen LogP) is 10.5. The van der Waals surface area contributed by atoms with E-state index >= 15 is 0 Å². The molecule has 0 aliphatic carbocycles. The summed E-state index contributed by atoms with van der Waals surface area (Å²) in [4.78, 5) is 12.2. The number of halogens is 5. The maximum absolute atomic E-state index is 14.1. The number of unbranched alkanes of at least 4 members (excludes halogenated alkanes) is 19. The summed E-state index contributed by atoms with van der Waals surface area (Å²) in [6.45, 7) is 4.76. The van der Waals surface area contributed by atoms with Crippen LogP contribution in [0.1, 0.15) is 142 Å². The Morgan fingerprint density at radius 1 is 0.513 bits per heavy atom. The van der Waals surface area contributed by atoms with Gasteiger partial charge in [0, 0.05) is 6.42 Å². The lowest BCUT2D eigenvalue weighted by Crippen LogP contribution is -2.51. The third-order valence-corrected chi connectivity index (χ3v) is 9.80. The van der Waals surface area contributed by atoms with Crippen LogP contribution in [-0.4, -0.2) is 14.3 Å². The normalized spacial score (nSPS) is 11.8. The molecule has 0 spiro atoms. The molecule has 2 nitrogen and oxygen atoms in total. The maximum Gasteiger partial charge on any atom is 0.292 e. The Hall–Kier alpha value is -1.44. The quantitative estimate of drug-likeness (QED) is 0.0424. The fourth-order valence-corrected chi connectivity index (χ4v) is 7.09. The maximum atomic E-state index is 14.1. The average Bonchev–Trinajstić information content (AvgIpc) is 2.89. The SMILES string of the molecule is CCCCCCCCCCCCCCCCCCCCCCC(=O)O[Si](C)(C)c1c(F)c(F)c(F)c(F)c1F. The van der Waals surface area contributed by atoms with Gasteiger partial charge >= 0.3 is 0 Å². The highest BCUT2D eigenvalue weighted by Crippen LogP contribution is 2.21. The Morgan fingerprint density at radius 2 is 0.795 bits per heavy atom. The first-order chi connectivity index (χ1) is 18.6. The summed E-state index contributed by atoms with van der Waals surface area (Å²) in [5, 5.41) is -1.00. The van der Waals surface area contributed by atoms with Gasteiger partial charge in [0.05, 0.1) is 5.19 Å². The van der Waals surface area contributed by atoms with Gasteiger partial charge in [-0.3, -0.25) is 4.79 Å². The molecule has 0 aliphatic heterocycles. The lowest BCUT2D eigenvalue weighted by molar-refractivity contribution is -0.135. The lowest BCUT2D eigenvalue weighted by atomic mass is 10.0. The van der Waals surface area contributed by atoms with Crippen molar-refractivity contribution < 1.29 is 31.2 Å². The molecule has 0 heterocycles. The molecule has 0 fully saturated rings. The van der Waals surface area contributed by atoms with Crippen LogP contribution in [0.4, 0.5) is 22.0 Å². The predicted molar refractivity (Wildman–Crippen MR) is 152 cm³/mol. The molecule has 8 heteroatoms. The van der Waals surface area contributed by atoms with Crippen LogP contribution in [0.3, 0.4) is 0 Å². The molecule has 0 bridgehead atoms. The van der Waals surface area contributed by atoms with Crippen molar-refractivity contribution in [2.24, 2.45) is 0 Å². The molecule has 0 saturated heterocycles. The van der Waals surface area contributed by atoms with Crippen molar-refractivity contribution in [1.29, 1.82) is 0 Å². The van der Waals surface area contributed by atoms with Gasteiger partial charge in [-0.05, 0) is 19.5 Å². The van der Waals surface area contributed by atoms with E-state index in [1.54, 1.807) is 0 Å². The molecule has 0 unspecified atom stereocenters. The number of carbonyl (C=O) groups is 1. The van der Waals surface area contributed by atoms with E-state index in [9.17, 15) is 26.7 Å². The lowest BCUT2D eigenvalue weighted by Gasteiger charge is -2.24. The monoisotopic (exact) mass is 578 g/mol. The second-order valence-electron chi connectivity index (χ2n) is 11.4. The molecular weight excluding hydrogens is 527 g/mol. The highest BCUT2D eigenvalue weighted by Gasteiger charge is 2.40. The molecule has 1 aromatic rings. The van der Waals surface area contributed by atoms with E-state index in [2.05, 4.69) is 6.92 Å². The van der Waals surface area contributed by atoms with Crippen LogP contribution in [0.5, 0.6) is 0 Å². The number of hydrogen-bond acceptors (Lipinski definition) is 2. The van der Waals surface area contributed by atoms with Gasteiger partial charge in [0.2, 0.25) is 5.82 Å². The molecule has 1 aromatic carbocycles.